The molecule has 4 aliphatic carbocycles. The van der Waals surface area contributed by atoms with Crippen LogP contribution in [0.2, 0.25) is 0 Å². The number of ether oxygens (including phenoxy) is 2. The third-order valence-electron chi connectivity index (χ3n) is 8.78. The van der Waals surface area contributed by atoms with Crippen LogP contribution in [0.25, 0.3) is 0 Å². The van der Waals surface area contributed by atoms with Crippen LogP contribution in [-0.4, -0.2) is 36.8 Å². The van der Waals surface area contributed by atoms with E-state index >= 15 is 0 Å². The summed E-state index contributed by atoms with van der Waals surface area (Å²) < 4.78 is 67.3. The van der Waals surface area contributed by atoms with Gasteiger partial charge in [0.2, 0.25) is 0 Å². The Morgan fingerprint density at radius 1 is 0.848 bits per heavy atom. The van der Waals surface area contributed by atoms with Gasteiger partial charge in [0.25, 0.3) is 0 Å². The van der Waals surface area contributed by atoms with Gasteiger partial charge in [-0.3, -0.25) is 4.79 Å². The lowest BCUT2D eigenvalue weighted by molar-refractivity contribution is -0.176. The molecule has 4 saturated carbocycles. The molecule has 0 aliphatic heterocycles. The van der Waals surface area contributed by atoms with Crippen LogP contribution in [0.3, 0.4) is 0 Å². The molecule has 0 atom stereocenters. The molecule has 7 nitrogen and oxygen atoms in total. The highest BCUT2D eigenvalue weighted by molar-refractivity contribution is 7.97. The molecular weight excluding hydrogens is 635 g/mol. The van der Waals surface area contributed by atoms with E-state index in [1.165, 1.54) is 14.7 Å². The fraction of sp³-hybridized carbons (Fsp3) is 0.371. The maximum Gasteiger partial charge on any atom is 0.367 e. The number of hydrogen-bond acceptors (Lipinski definition) is 7. The van der Waals surface area contributed by atoms with Gasteiger partial charge in [-0.15, -0.1) is 0 Å². The fourth-order valence-corrected chi connectivity index (χ4v) is 9.38. The predicted octanol–water partition coefficient (Wildman–Crippen LogP) is 7.15. The molecule has 0 amide bonds. The Morgan fingerprint density at radius 2 is 1.28 bits per heavy atom. The van der Waals surface area contributed by atoms with E-state index in [9.17, 15) is 31.3 Å². The van der Waals surface area contributed by atoms with Crippen LogP contribution in [-0.2, 0) is 35.3 Å². The van der Waals surface area contributed by atoms with E-state index in [1.54, 1.807) is 6.92 Å². The number of esters is 2. The van der Waals surface area contributed by atoms with E-state index in [4.69, 9.17) is 4.74 Å². The molecule has 0 spiro atoms. The zero-order chi connectivity index (χ0) is 33.1. The number of benzene rings is 3. The summed E-state index contributed by atoms with van der Waals surface area (Å²) >= 11 is 0. The first-order chi connectivity index (χ1) is 21.8. The second kappa shape index (κ2) is 13.7. The van der Waals surface area contributed by atoms with Gasteiger partial charge in [0.05, 0.1) is 16.3 Å². The van der Waals surface area contributed by atoms with E-state index in [2.05, 4.69) is 59.8 Å². The van der Waals surface area contributed by atoms with Gasteiger partial charge >= 0.3 is 17.2 Å². The molecule has 11 heteroatoms. The van der Waals surface area contributed by atoms with Gasteiger partial charge in [-0.05, 0) is 112 Å². The Morgan fingerprint density at radius 3 is 1.70 bits per heavy atom. The fourth-order valence-electron chi connectivity index (χ4n) is 7.09. The Bertz CT molecular complexity index is 1590. The molecule has 0 saturated heterocycles. The summed E-state index contributed by atoms with van der Waals surface area (Å²) in [5.74, 6) is 0.678. The molecule has 0 N–H and O–H groups in total. The highest BCUT2D eigenvalue weighted by Crippen LogP contribution is 2.60. The molecule has 3 aromatic carbocycles. The molecule has 4 bridgehead atoms. The number of carbonyl (C=O) groups is 2. The van der Waals surface area contributed by atoms with Crippen molar-refractivity contribution in [1.82, 2.24) is 0 Å². The number of hydrogen-bond donors (Lipinski definition) is 0. The van der Waals surface area contributed by atoms with Crippen LogP contribution in [0.4, 0.5) is 8.78 Å². The summed E-state index contributed by atoms with van der Waals surface area (Å²) in [5, 5.41) is -4.56. The van der Waals surface area contributed by atoms with Crippen molar-refractivity contribution in [2.24, 2.45) is 23.2 Å². The van der Waals surface area contributed by atoms with Crippen molar-refractivity contribution in [3.05, 3.63) is 97.1 Å². The summed E-state index contributed by atoms with van der Waals surface area (Å²) in [4.78, 5) is 27.5. The number of halogens is 2. The van der Waals surface area contributed by atoms with Crippen LogP contribution in [0.5, 0.6) is 5.75 Å². The molecule has 4 fully saturated rings. The quantitative estimate of drug-likeness (QED) is 0.0782. The zero-order valence-electron chi connectivity index (χ0n) is 25.4. The number of rotatable bonds is 9. The van der Waals surface area contributed by atoms with Crippen molar-refractivity contribution in [1.29, 1.82) is 0 Å². The molecule has 46 heavy (non-hydrogen) atoms. The summed E-state index contributed by atoms with van der Waals surface area (Å²) in [5.41, 5.74) is -0.352. The minimum atomic E-state index is -5.81. The largest absolute Gasteiger partial charge is 0.743 e. The van der Waals surface area contributed by atoms with Crippen LogP contribution in [0.1, 0.15) is 45.4 Å². The van der Waals surface area contributed by atoms with Crippen molar-refractivity contribution in [3.8, 4) is 5.75 Å². The number of carbonyl (C=O) groups excluding carboxylic acids is 2. The van der Waals surface area contributed by atoms with E-state index in [1.807, 2.05) is 36.4 Å². The Hall–Kier alpha value is -3.54. The van der Waals surface area contributed by atoms with Crippen molar-refractivity contribution >= 4 is 33.0 Å². The zero-order valence-corrected chi connectivity index (χ0v) is 27.0. The Balaban J connectivity index is 0.000000184. The van der Waals surface area contributed by atoms with Crippen LogP contribution < -0.4 is 4.74 Å². The average Bonchev–Trinajstić information content (AvgIpc) is 3.01. The molecule has 0 heterocycles. The van der Waals surface area contributed by atoms with Gasteiger partial charge < -0.3 is 14.0 Å². The van der Waals surface area contributed by atoms with E-state index in [0.717, 1.165) is 19.3 Å². The minimum Gasteiger partial charge on any atom is -0.743 e. The first kappa shape index (κ1) is 33.8. The van der Waals surface area contributed by atoms with E-state index < -0.39 is 39.3 Å². The Labute approximate surface area is 271 Å². The standard InChI is InChI=1S/C22H19O2S.C13H18F2O5S/c1-17(2)22(23)24-18-13-15-21(16-14-18)25(19-9-5-3-6-10-19)20-11-7-4-8-12-20;14-13(15,21(17,18)19)7-20-11(16)12-4-8-1-9(5-12)3-10(2-8)6-12/h3-16H,1H2,2H3;8-10H,1-7H2,(H,17,18,19)/q+1;/p-1. The highest BCUT2D eigenvalue weighted by atomic mass is 32.2. The monoisotopic (exact) mass is 670 g/mol. The molecular formula is C35H36F2O7S2. The first-order valence-corrected chi connectivity index (χ1v) is 17.7. The SMILES string of the molecule is C=C(C)C(=O)Oc1ccc([S+](c2ccccc2)c2ccccc2)cc1.O=C(OCC(F)(F)S(=O)(=O)[O-])C12CC3CC(CC(C3)C1)C2. The minimum absolute atomic E-state index is 0.202. The maximum absolute atomic E-state index is 13.1. The molecule has 0 radical (unpaired) electrons. The first-order valence-electron chi connectivity index (χ1n) is 15.1. The van der Waals surface area contributed by atoms with Crippen molar-refractivity contribution in [2.75, 3.05) is 6.61 Å². The summed E-state index contributed by atoms with van der Waals surface area (Å²) in [7, 11) is -6.02. The highest BCUT2D eigenvalue weighted by Gasteiger charge is 2.56. The molecule has 0 aromatic heterocycles. The van der Waals surface area contributed by atoms with Gasteiger partial charge in [0.1, 0.15) is 5.75 Å². The van der Waals surface area contributed by atoms with Gasteiger partial charge in [-0.25, -0.2) is 13.2 Å². The van der Waals surface area contributed by atoms with Crippen molar-refractivity contribution in [3.63, 3.8) is 0 Å². The summed E-state index contributed by atoms with van der Waals surface area (Å²) in [6, 6.07) is 28.6. The maximum atomic E-state index is 13.1. The van der Waals surface area contributed by atoms with Gasteiger partial charge in [0, 0.05) is 5.57 Å². The lowest BCUT2D eigenvalue weighted by Gasteiger charge is -2.55. The number of alkyl halides is 2. The van der Waals surface area contributed by atoms with Crippen molar-refractivity contribution < 1.29 is 40.8 Å². The van der Waals surface area contributed by atoms with Gasteiger partial charge in [-0.1, -0.05) is 43.0 Å². The lowest BCUT2D eigenvalue weighted by Crippen LogP contribution is -2.51. The third kappa shape index (κ3) is 7.70. The second-order valence-corrected chi connectivity index (χ2v) is 16.0. The van der Waals surface area contributed by atoms with Gasteiger partial charge in [-0.2, -0.15) is 8.78 Å². The topological polar surface area (TPSA) is 110 Å². The smallest absolute Gasteiger partial charge is 0.367 e. The Kier molecular flexibility index (Phi) is 10.0. The predicted molar refractivity (Wildman–Crippen MR) is 168 cm³/mol. The van der Waals surface area contributed by atoms with E-state index in [-0.39, 0.29) is 10.9 Å². The second-order valence-electron chi connectivity index (χ2n) is 12.4. The summed E-state index contributed by atoms with van der Waals surface area (Å²) in [6.07, 6.45) is 5.14. The van der Waals surface area contributed by atoms with Gasteiger partial charge in [0.15, 0.2) is 31.4 Å². The summed E-state index contributed by atoms with van der Waals surface area (Å²) in [6.45, 7) is 3.56. The normalized spacial score (nSPS) is 23.3. The molecule has 0 unspecified atom stereocenters. The lowest BCUT2D eigenvalue weighted by atomic mass is 9.49. The van der Waals surface area contributed by atoms with Crippen LogP contribution >= 0.6 is 0 Å². The van der Waals surface area contributed by atoms with Crippen molar-refractivity contribution in [2.45, 2.75) is 65.4 Å². The third-order valence-corrected chi connectivity index (χ3v) is 11.9. The molecule has 4 aliphatic rings. The molecule has 3 aromatic rings. The van der Waals surface area contributed by atoms with Crippen LogP contribution in [0, 0.1) is 23.2 Å². The average molecular weight is 671 g/mol. The van der Waals surface area contributed by atoms with Crippen LogP contribution in [0.15, 0.2) is 112 Å². The van der Waals surface area contributed by atoms with E-state index in [0.29, 0.717) is 48.3 Å². The molecule has 244 valence electrons. The molecule has 7 rings (SSSR count).